The molecule has 0 aliphatic heterocycles. The van der Waals surface area contributed by atoms with E-state index in [1.54, 1.807) is 0 Å². The maximum atomic E-state index is 13.3. The van der Waals surface area contributed by atoms with Crippen molar-refractivity contribution in [1.29, 1.82) is 0 Å². The number of carbonyl (C=O) groups is 1. The quantitative estimate of drug-likeness (QED) is 0.729. The van der Waals surface area contributed by atoms with Crippen molar-refractivity contribution in [2.24, 2.45) is 5.92 Å². The molecule has 1 fully saturated rings. The van der Waals surface area contributed by atoms with Gasteiger partial charge in [0.1, 0.15) is 4.88 Å². The maximum absolute atomic E-state index is 13.3. The Morgan fingerprint density at radius 1 is 1.16 bits per heavy atom. The summed E-state index contributed by atoms with van der Waals surface area (Å²) in [7, 11) is 0. The zero-order valence-corrected chi connectivity index (χ0v) is 16.4. The molecule has 0 unspecified atom stereocenters. The average molecular weight is 357 g/mol. The molecule has 1 heterocycles. The molecule has 4 heteroatoms. The van der Waals surface area contributed by atoms with Crippen LogP contribution in [0.3, 0.4) is 0 Å². The predicted octanol–water partition coefficient (Wildman–Crippen LogP) is 5.29. The molecule has 1 aliphatic rings. The molecule has 1 aromatic heterocycles. The molecular weight excluding hydrogens is 328 g/mol. The van der Waals surface area contributed by atoms with Crippen LogP contribution in [0.4, 0.5) is 0 Å². The van der Waals surface area contributed by atoms with E-state index < -0.39 is 0 Å². The number of hydrogen-bond acceptors (Lipinski definition) is 3. The van der Waals surface area contributed by atoms with Gasteiger partial charge in [-0.3, -0.25) is 4.79 Å². The van der Waals surface area contributed by atoms with Crippen LogP contribution in [0.15, 0.2) is 24.3 Å². The summed E-state index contributed by atoms with van der Waals surface area (Å²) in [4.78, 5) is 20.6. The second kappa shape index (κ2) is 8.13. The van der Waals surface area contributed by atoms with Gasteiger partial charge in [0.05, 0.1) is 10.7 Å². The van der Waals surface area contributed by atoms with E-state index in [1.165, 1.54) is 54.6 Å². The summed E-state index contributed by atoms with van der Waals surface area (Å²) >= 11 is 1.53. The first kappa shape index (κ1) is 18.1. The number of aryl methyl sites for hydroxylation is 3. The molecule has 25 heavy (non-hydrogen) atoms. The van der Waals surface area contributed by atoms with Crippen molar-refractivity contribution in [1.82, 2.24) is 9.88 Å². The zero-order chi connectivity index (χ0) is 17.8. The number of nitrogens with zero attached hydrogens (tertiary/aromatic N) is 2. The predicted molar refractivity (Wildman–Crippen MR) is 104 cm³/mol. The van der Waals surface area contributed by atoms with Crippen LogP contribution in [0.2, 0.25) is 0 Å². The third kappa shape index (κ3) is 4.49. The Balaban J connectivity index is 1.83. The number of thiazole rings is 1. The van der Waals surface area contributed by atoms with Crippen molar-refractivity contribution in [3.63, 3.8) is 0 Å². The first-order chi connectivity index (χ1) is 12.0. The Morgan fingerprint density at radius 2 is 1.88 bits per heavy atom. The minimum atomic E-state index is 0.150. The Hall–Kier alpha value is -1.68. The standard InChI is InChI=1S/C21H28N2OS/c1-15-9-7-8-12-19(15)14-23(13-18-10-5-4-6-11-18)21(24)20-16(2)22-17(3)25-20/h7-9,12,18H,4-6,10-11,13-14H2,1-3H3. The number of aromatic nitrogens is 1. The van der Waals surface area contributed by atoms with Crippen molar-refractivity contribution in [2.75, 3.05) is 6.54 Å². The number of carbonyl (C=O) groups excluding carboxylic acids is 1. The van der Waals surface area contributed by atoms with Crippen molar-refractivity contribution in [2.45, 2.75) is 59.4 Å². The van der Waals surface area contributed by atoms with Gasteiger partial charge in [-0.25, -0.2) is 4.98 Å². The normalized spacial score (nSPS) is 15.3. The van der Waals surface area contributed by atoms with Gasteiger partial charge in [0.25, 0.3) is 5.91 Å². The molecule has 3 rings (SSSR count). The van der Waals surface area contributed by atoms with Gasteiger partial charge in [-0.05, 0) is 50.7 Å². The van der Waals surface area contributed by atoms with Crippen LogP contribution in [0, 0.1) is 26.7 Å². The van der Waals surface area contributed by atoms with E-state index in [-0.39, 0.29) is 5.91 Å². The van der Waals surface area contributed by atoms with E-state index in [1.807, 2.05) is 13.8 Å². The van der Waals surface area contributed by atoms with Gasteiger partial charge in [0.15, 0.2) is 0 Å². The van der Waals surface area contributed by atoms with Crippen LogP contribution < -0.4 is 0 Å². The fourth-order valence-electron chi connectivity index (χ4n) is 3.77. The average Bonchev–Trinajstić information content (AvgIpc) is 2.95. The Kier molecular flexibility index (Phi) is 5.89. The second-order valence-corrected chi connectivity index (χ2v) is 8.47. The topological polar surface area (TPSA) is 33.2 Å². The molecule has 3 nitrogen and oxygen atoms in total. The minimum Gasteiger partial charge on any atom is -0.333 e. The van der Waals surface area contributed by atoms with E-state index in [0.717, 1.165) is 22.1 Å². The highest BCUT2D eigenvalue weighted by molar-refractivity contribution is 7.13. The second-order valence-electron chi connectivity index (χ2n) is 7.26. The van der Waals surface area contributed by atoms with Gasteiger partial charge in [0, 0.05) is 13.1 Å². The van der Waals surface area contributed by atoms with Crippen molar-refractivity contribution in [3.8, 4) is 0 Å². The summed E-state index contributed by atoms with van der Waals surface area (Å²) in [5.41, 5.74) is 3.36. The lowest BCUT2D eigenvalue weighted by molar-refractivity contribution is 0.0702. The maximum Gasteiger partial charge on any atom is 0.266 e. The van der Waals surface area contributed by atoms with E-state index in [2.05, 4.69) is 41.1 Å². The molecular formula is C21H28N2OS. The van der Waals surface area contributed by atoms with Crippen molar-refractivity contribution < 1.29 is 4.79 Å². The molecule has 0 N–H and O–H groups in total. The van der Waals surface area contributed by atoms with Crippen LogP contribution in [-0.4, -0.2) is 22.3 Å². The summed E-state index contributed by atoms with van der Waals surface area (Å²) in [6.45, 7) is 7.60. The largest absolute Gasteiger partial charge is 0.333 e. The highest BCUT2D eigenvalue weighted by Crippen LogP contribution is 2.27. The molecule has 1 amide bonds. The zero-order valence-electron chi connectivity index (χ0n) is 15.5. The molecule has 2 aromatic rings. The number of rotatable bonds is 5. The summed E-state index contributed by atoms with van der Waals surface area (Å²) < 4.78 is 0. The molecule has 0 saturated heterocycles. The van der Waals surface area contributed by atoms with E-state index in [9.17, 15) is 4.79 Å². The molecule has 0 atom stereocenters. The molecule has 1 aromatic carbocycles. The minimum absolute atomic E-state index is 0.150. The lowest BCUT2D eigenvalue weighted by Gasteiger charge is -2.30. The third-order valence-electron chi connectivity index (χ3n) is 5.21. The number of hydrogen-bond donors (Lipinski definition) is 0. The molecule has 1 aliphatic carbocycles. The third-order valence-corrected chi connectivity index (χ3v) is 6.27. The van der Waals surface area contributed by atoms with E-state index in [0.29, 0.717) is 12.5 Å². The summed E-state index contributed by atoms with van der Waals surface area (Å²) in [6, 6.07) is 8.39. The molecule has 0 spiro atoms. The van der Waals surface area contributed by atoms with Crippen LogP contribution >= 0.6 is 11.3 Å². The van der Waals surface area contributed by atoms with E-state index in [4.69, 9.17) is 0 Å². The highest BCUT2D eigenvalue weighted by Gasteiger charge is 2.25. The fraction of sp³-hybridized carbons (Fsp3) is 0.524. The molecule has 0 radical (unpaired) electrons. The van der Waals surface area contributed by atoms with Crippen LogP contribution in [0.1, 0.15) is 63.6 Å². The van der Waals surface area contributed by atoms with Gasteiger partial charge in [-0.1, -0.05) is 43.5 Å². The van der Waals surface area contributed by atoms with Crippen LogP contribution in [0.25, 0.3) is 0 Å². The molecule has 1 saturated carbocycles. The highest BCUT2D eigenvalue weighted by atomic mass is 32.1. The Labute approximate surface area is 155 Å². The van der Waals surface area contributed by atoms with Gasteiger partial charge < -0.3 is 4.90 Å². The summed E-state index contributed by atoms with van der Waals surface area (Å²) in [5, 5.41) is 0.967. The first-order valence-electron chi connectivity index (χ1n) is 9.32. The van der Waals surface area contributed by atoms with E-state index >= 15 is 0 Å². The van der Waals surface area contributed by atoms with Crippen molar-refractivity contribution in [3.05, 3.63) is 51.0 Å². The Morgan fingerprint density at radius 3 is 2.52 bits per heavy atom. The summed E-state index contributed by atoms with van der Waals surface area (Å²) in [6.07, 6.45) is 6.44. The SMILES string of the molecule is Cc1nc(C)c(C(=O)N(Cc2ccccc2C)CC2CCCCC2)s1. The number of amides is 1. The van der Waals surface area contributed by atoms with Gasteiger partial charge in [-0.2, -0.15) is 0 Å². The lowest BCUT2D eigenvalue weighted by atomic mass is 9.88. The fourth-order valence-corrected chi connectivity index (χ4v) is 4.65. The van der Waals surface area contributed by atoms with Crippen LogP contribution in [-0.2, 0) is 6.54 Å². The Bertz CT molecular complexity index is 731. The number of benzene rings is 1. The van der Waals surface area contributed by atoms with Gasteiger partial charge >= 0.3 is 0 Å². The monoisotopic (exact) mass is 356 g/mol. The summed E-state index contributed by atoms with van der Waals surface area (Å²) in [5.74, 6) is 0.785. The van der Waals surface area contributed by atoms with Crippen molar-refractivity contribution >= 4 is 17.2 Å². The first-order valence-corrected chi connectivity index (χ1v) is 10.1. The smallest absolute Gasteiger partial charge is 0.266 e. The lowest BCUT2D eigenvalue weighted by Crippen LogP contribution is -2.35. The van der Waals surface area contributed by atoms with Gasteiger partial charge in [-0.15, -0.1) is 11.3 Å². The molecule has 134 valence electrons. The molecule has 0 bridgehead atoms. The van der Waals surface area contributed by atoms with Crippen LogP contribution in [0.5, 0.6) is 0 Å². The van der Waals surface area contributed by atoms with Gasteiger partial charge in [0.2, 0.25) is 0 Å².